The Morgan fingerprint density at radius 3 is 1.04 bits per heavy atom. The van der Waals surface area contributed by atoms with Crippen LogP contribution in [-0.2, 0) is 70.7 Å². The summed E-state index contributed by atoms with van der Waals surface area (Å²) in [5, 5.41) is 102. The first kappa shape index (κ1) is 107. The van der Waals surface area contributed by atoms with Gasteiger partial charge in [-0.15, -0.1) is 0 Å². The van der Waals surface area contributed by atoms with Crippen LogP contribution in [0.25, 0.3) is 0 Å². The maximum atomic E-state index is 14.9. The second kappa shape index (κ2) is 69.4. The zero-order valence-corrected chi connectivity index (χ0v) is 73.2. The van der Waals surface area contributed by atoms with E-state index in [1.807, 2.05) is 0 Å². The number of ether oxygens (including phenoxy) is 8. The molecule has 680 valence electrons. The molecule has 18 atom stereocenters. The average Bonchev–Trinajstić information content (AvgIpc) is 0.754. The van der Waals surface area contributed by atoms with Gasteiger partial charge in [-0.2, -0.15) is 0 Å². The van der Waals surface area contributed by atoms with Gasteiger partial charge in [0.05, 0.1) is 13.2 Å². The highest BCUT2D eigenvalue weighted by atomic mass is 31.2. The predicted molar refractivity (Wildman–Crippen MR) is 449 cm³/mol. The molecule has 0 aromatic heterocycles. The third-order valence-corrected chi connectivity index (χ3v) is 23.7. The Hall–Kier alpha value is -3.05. The first-order valence-electron chi connectivity index (χ1n) is 46.6. The van der Waals surface area contributed by atoms with Gasteiger partial charge in [-0.05, 0) is 77.0 Å². The molecule has 0 bridgehead atoms. The van der Waals surface area contributed by atoms with Crippen molar-refractivity contribution in [1.29, 1.82) is 0 Å². The minimum absolute atomic E-state index is 0.00930. The smallest absolute Gasteiger partial charge is 0.463 e. The summed E-state index contributed by atoms with van der Waals surface area (Å²) in [7, 11) is -5.81. The summed E-state index contributed by atoms with van der Waals surface area (Å²) < 4.78 is 73.3. The van der Waals surface area contributed by atoms with Crippen LogP contribution in [0.4, 0.5) is 0 Å². The highest BCUT2D eigenvalue weighted by Gasteiger charge is 2.60. The minimum Gasteiger partial charge on any atom is -0.463 e. The number of phosphoric acid groups is 1. The molecule has 18 unspecified atom stereocenters. The first-order chi connectivity index (χ1) is 56.2. The van der Waals surface area contributed by atoms with Crippen molar-refractivity contribution in [3.63, 3.8) is 0 Å². The van der Waals surface area contributed by atoms with Crippen molar-refractivity contribution < 1.29 is 122 Å². The molecule has 10 N–H and O–H groups in total. The van der Waals surface area contributed by atoms with Crippen LogP contribution in [0.15, 0.2) is 24.3 Å². The van der Waals surface area contributed by atoms with Crippen molar-refractivity contribution in [3.8, 4) is 0 Å². The molecular weight excluding hydrogens is 1510 g/mol. The summed E-state index contributed by atoms with van der Waals surface area (Å²) in [5.74, 6) is -2.98. The summed E-state index contributed by atoms with van der Waals surface area (Å²) in [4.78, 5) is 66.4. The second-order valence-corrected chi connectivity index (χ2v) is 34.6. The molecule has 1 saturated carbocycles. The van der Waals surface area contributed by atoms with E-state index in [2.05, 4.69) is 52.0 Å². The Kier molecular flexibility index (Phi) is 64.1. The van der Waals surface area contributed by atoms with E-state index in [1.165, 1.54) is 161 Å². The number of esters is 4. The highest BCUT2D eigenvalue weighted by Crippen LogP contribution is 2.49. The summed E-state index contributed by atoms with van der Waals surface area (Å²) in [6, 6.07) is 0. The monoisotopic (exact) mass is 1680 g/mol. The molecule has 0 radical (unpaired) electrons. The van der Waals surface area contributed by atoms with Crippen molar-refractivity contribution >= 4 is 31.7 Å². The Bertz CT molecular complexity index is 2510. The Morgan fingerprint density at radius 1 is 0.336 bits per heavy atom. The number of hydrogen-bond donors (Lipinski definition) is 10. The number of aliphatic hydroxyl groups is 9. The number of hydrogen-bond acceptors (Lipinski definition) is 24. The molecule has 0 amide bonds. The van der Waals surface area contributed by atoms with Crippen molar-refractivity contribution in [1.82, 2.24) is 0 Å². The van der Waals surface area contributed by atoms with Gasteiger partial charge in [0.2, 0.25) is 0 Å². The van der Waals surface area contributed by atoms with Gasteiger partial charge < -0.3 is 88.7 Å². The zero-order chi connectivity index (χ0) is 84.7. The van der Waals surface area contributed by atoms with E-state index < -0.39 is 162 Å². The van der Waals surface area contributed by atoms with E-state index in [-0.39, 0.29) is 25.7 Å². The highest BCUT2D eigenvalue weighted by molar-refractivity contribution is 7.47. The van der Waals surface area contributed by atoms with Gasteiger partial charge in [0, 0.05) is 25.7 Å². The lowest BCUT2D eigenvalue weighted by atomic mass is 9.84. The van der Waals surface area contributed by atoms with Crippen molar-refractivity contribution in [2.24, 2.45) is 0 Å². The fourth-order valence-corrected chi connectivity index (χ4v) is 16.2. The topological polar surface area (TPSA) is 380 Å². The van der Waals surface area contributed by atoms with Gasteiger partial charge in [-0.3, -0.25) is 28.2 Å². The number of rotatable bonds is 75. The van der Waals surface area contributed by atoms with Gasteiger partial charge >= 0.3 is 31.7 Å². The molecule has 3 rings (SSSR count). The molecule has 0 aromatic rings. The molecule has 25 nitrogen and oxygen atoms in total. The number of aliphatic hydroxyl groups excluding tert-OH is 9. The Labute approximate surface area is 698 Å². The molecule has 26 heteroatoms. The van der Waals surface area contributed by atoms with Crippen molar-refractivity contribution in [3.05, 3.63) is 24.3 Å². The average molecular weight is 1680 g/mol. The fourth-order valence-electron chi connectivity index (χ4n) is 15.2. The van der Waals surface area contributed by atoms with Crippen LogP contribution in [0.3, 0.4) is 0 Å². The zero-order valence-electron chi connectivity index (χ0n) is 72.3. The maximum Gasteiger partial charge on any atom is 0.472 e. The molecule has 3 aliphatic rings. The third-order valence-electron chi connectivity index (χ3n) is 22.7. The van der Waals surface area contributed by atoms with Crippen LogP contribution in [-0.4, -0.2) is 205 Å². The summed E-state index contributed by atoms with van der Waals surface area (Å²) >= 11 is 0. The van der Waals surface area contributed by atoms with Crippen molar-refractivity contribution in [2.75, 3.05) is 26.4 Å². The quantitative estimate of drug-likeness (QED) is 0.00889. The van der Waals surface area contributed by atoms with E-state index in [1.54, 1.807) is 0 Å². The molecule has 0 spiro atoms. The molecule has 116 heavy (non-hydrogen) atoms. The molecule has 0 aromatic carbocycles. The van der Waals surface area contributed by atoms with E-state index >= 15 is 0 Å². The lowest BCUT2D eigenvalue weighted by molar-refractivity contribution is -0.360. The van der Waals surface area contributed by atoms with Gasteiger partial charge in [-0.1, -0.05) is 315 Å². The Balaban J connectivity index is 1.91. The van der Waals surface area contributed by atoms with Gasteiger partial charge in [0.1, 0.15) is 92.6 Å². The van der Waals surface area contributed by atoms with Crippen LogP contribution >= 0.6 is 7.82 Å². The summed E-state index contributed by atoms with van der Waals surface area (Å²) in [6.07, 6.45) is 29.0. The fraction of sp³-hybridized carbons (Fsp3) is 0.911. The van der Waals surface area contributed by atoms with E-state index in [0.717, 1.165) is 141 Å². The number of unbranched alkanes of at least 4 members (excludes halogenated alkanes) is 47. The minimum atomic E-state index is -5.81. The van der Waals surface area contributed by atoms with E-state index in [9.17, 15) is 74.6 Å². The lowest BCUT2D eigenvalue weighted by Gasteiger charge is -2.50. The summed E-state index contributed by atoms with van der Waals surface area (Å²) in [5.41, 5.74) is 0. The summed E-state index contributed by atoms with van der Waals surface area (Å²) in [6.45, 7) is 5.56. The largest absolute Gasteiger partial charge is 0.472 e. The van der Waals surface area contributed by atoms with Crippen LogP contribution < -0.4 is 0 Å². The molecule has 2 saturated heterocycles. The predicted octanol–water partition coefficient (Wildman–Crippen LogP) is 16.9. The maximum absolute atomic E-state index is 14.9. The number of carbonyl (C=O) groups is 4. The Morgan fingerprint density at radius 2 is 0.647 bits per heavy atom. The van der Waals surface area contributed by atoms with E-state index in [0.29, 0.717) is 38.5 Å². The van der Waals surface area contributed by atoms with Gasteiger partial charge in [0.25, 0.3) is 0 Å². The van der Waals surface area contributed by atoms with Crippen molar-refractivity contribution in [2.45, 2.75) is 498 Å². The standard InChI is InChI=1S/C90H165O25P/c1-5-9-13-17-21-25-29-33-35-37-41-42-46-50-54-58-62-73(92)106-67-70(109-75(94)64-60-56-52-48-44-38-31-27-23-19-15-11-7-3)68-108-116(104,105)115-88-86(113-89-83(102)79(98)77(96)71(66-91)110-89)82(101)81(100)85(112-76(95)65-61-57-53-49-45-39-32-28-24-20-16-12-8-4)87(88)114-90-84(103)80(99)78(97)72(111-90)69-107-74(93)63-59-55-51-47-43-40-36-34-30-26-22-18-14-10-6-2/h26,30,38,44,70-72,77-91,96-103H,5-25,27-29,31-37,39-43,45-69H2,1-4H3,(H,104,105)/b30-26-,44-38-. The lowest BCUT2D eigenvalue weighted by Crippen LogP contribution is -2.70. The second-order valence-electron chi connectivity index (χ2n) is 33.2. The molecule has 2 heterocycles. The SMILES string of the molecule is CCCCCC/C=C\CCCCCCCCCC(=O)OCC1OC(OC2C(OC(=O)CCCCCCCCCCCCCCC)C(O)C(O)C(OC3OC(CO)C(O)C(O)C3O)C2OP(=O)(O)OCC(COC(=O)CCCCCCCCCCCCCCCCCC)OC(=O)CCCCC/C=C\CCCCCCCC)C(O)C(O)C1O. The van der Waals surface area contributed by atoms with Crippen LogP contribution in [0, 0.1) is 0 Å². The number of allylic oxidation sites excluding steroid dienone is 4. The van der Waals surface area contributed by atoms with E-state index in [4.69, 9.17) is 46.9 Å². The first-order valence-corrected chi connectivity index (χ1v) is 48.1. The molecular formula is C90H165O25P. The molecule has 1 aliphatic carbocycles. The van der Waals surface area contributed by atoms with Gasteiger partial charge in [-0.25, -0.2) is 4.57 Å². The van der Waals surface area contributed by atoms with Gasteiger partial charge in [0.15, 0.2) is 24.8 Å². The van der Waals surface area contributed by atoms with Crippen LogP contribution in [0.5, 0.6) is 0 Å². The number of carbonyl (C=O) groups excluding carboxylic acids is 4. The third kappa shape index (κ3) is 49.3. The number of phosphoric ester groups is 1. The van der Waals surface area contributed by atoms with Crippen LogP contribution in [0.1, 0.15) is 394 Å². The molecule has 2 aliphatic heterocycles. The van der Waals surface area contributed by atoms with Crippen LogP contribution in [0.2, 0.25) is 0 Å². The normalized spacial score (nSPS) is 25.2. The molecule has 3 fully saturated rings.